The van der Waals surface area contributed by atoms with Crippen LogP contribution in [0.5, 0.6) is 0 Å². The zero-order valence-corrected chi connectivity index (χ0v) is 16.0. The largest absolute Gasteiger partial charge is 0.463 e. The highest BCUT2D eigenvalue weighted by molar-refractivity contribution is 7.99. The van der Waals surface area contributed by atoms with Gasteiger partial charge in [0.1, 0.15) is 24.3 Å². The van der Waals surface area contributed by atoms with E-state index in [1.54, 1.807) is 0 Å². The van der Waals surface area contributed by atoms with Gasteiger partial charge in [-0.15, -0.1) is 0 Å². The molecule has 0 aliphatic carbocycles. The van der Waals surface area contributed by atoms with E-state index in [2.05, 4.69) is 0 Å². The molecular formula is C18H22O8S. The maximum absolute atomic E-state index is 11.5. The molecule has 9 heteroatoms. The highest BCUT2D eigenvalue weighted by atomic mass is 32.2. The third-order valence-corrected chi connectivity index (χ3v) is 4.83. The number of aliphatic hydroxyl groups is 1. The van der Waals surface area contributed by atoms with E-state index in [1.165, 1.54) is 32.5 Å². The van der Waals surface area contributed by atoms with Crippen molar-refractivity contribution >= 4 is 29.7 Å². The molecule has 1 aromatic rings. The van der Waals surface area contributed by atoms with Crippen LogP contribution in [0.1, 0.15) is 20.8 Å². The molecule has 0 saturated carbocycles. The third kappa shape index (κ3) is 6.23. The summed E-state index contributed by atoms with van der Waals surface area (Å²) in [5.74, 6) is -1.83. The lowest BCUT2D eigenvalue weighted by Gasteiger charge is -2.42. The molecule has 5 atom stereocenters. The van der Waals surface area contributed by atoms with Gasteiger partial charge in [0.15, 0.2) is 12.2 Å². The summed E-state index contributed by atoms with van der Waals surface area (Å²) in [5.41, 5.74) is -0.830. The Bertz CT molecular complexity index is 665. The predicted molar refractivity (Wildman–Crippen MR) is 94.7 cm³/mol. The Labute approximate surface area is 161 Å². The molecular weight excluding hydrogens is 376 g/mol. The van der Waals surface area contributed by atoms with Crippen molar-refractivity contribution in [3.05, 3.63) is 30.3 Å². The van der Waals surface area contributed by atoms with E-state index in [9.17, 15) is 19.5 Å². The van der Waals surface area contributed by atoms with E-state index in [-0.39, 0.29) is 6.61 Å². The second kappa shape index (κ2) is 9.72. The number of aliphatic hydroxyl groups excluding tert-OH is 1. The van der Waals surface area contributed by atoms with Gasteiger partial charge in [-0.3, -0.25) is 14.4 Å². The third-order valence-electron chi connectivity index (χ3n) is 3.66. The SMILES string of the molecule is CC(=O)OC[C@H]1OC(Sc2ccccc2)[C@H](O)[C@@H](OC(C)=O)[C@@H]1OC(C)=O. The van der Waals surface area contributed by atoms with Gasteiger partial charge in [-0.1, -0.05) is 30.0 Å². The van der Waals surface area contributed by atoms with Gasteiger partial charge in [0.25, 0.3) is 0 Å². The summed E-state index contributed by atoms with van der Waals surface area (Å²) in [6.07, 6.45) is -4.46. The van der Waals surface area contributed by atoms with Crippen LogP contribution < -0.4 is 0 Å². The molecule has 8 nitrogen and oxygen atoms in total. The van der Waals surface area contributed by atoms with Crippen molar-refractivity contribution in [3.63, 3.8) is 0 Å². The lowest BCUT2D eigenvalue weighted by atomic mass is 9.99. The van der Waals surface area contributed by atoms with Crippen LogP contribution in [0.2, 0.25) is 0 Å². The second-order valence-electron chi connectivity index (χ2n) is 5.92. The highest BCUT2D eigenvalue weighted by Crippen LogP contribution is 2.35. The average molecular weight is 398 g/mol. The molecule has 0 spiro atoms. The maximum atomic E-state index is 11.5. The summed E-state index contributed by atoms with van der Waals surface area (Å²) in [4.78, 5) is 35.0. The number of hydrogen-bond donors (Lipinski definition) is 1. The first-order chi connectivity index (χ1) is 12.8. The van der Waals surface area contributed by atoms with E-state index >= 15 is 0 Å². The normalized spacial score (nSPS) is 27.5. The first kappa shape index (κ1) is 21.2. The van der Waals surface area contributed by atoms with E-state index in [0.717, 1.165) is 4.90 Å². The van der Waals surface area contributed by atoms with Gasteiger partial charge in [-0.05, 0) is 12.1 Å². The predicted octanol–water partition coefficient (Wildman–Crippen LogP) is 1.29. The summed E-state index contributed by atoms with van der Waals surface area (Å²) in [6, 6.07) is 9.18. The molecule has 1 N–H and O–H groups in total. The van der Waals surface area contributed by atoms with Gasteiger partial charge in [0.2, 0.25) is 0 Å². The van der Waals surface area contributed by atoms with E-state index in [0.29, 0.717) is 0 Å². The molecule has 27 heavy (non-hydrogen) atoms. The number of carbonyl (C=O) groups is 3. The van der Waals surface area contributed by atoms with Gasteiger partial charge >= 0.3 is 17.9 Å². The number of thioether (sulfide) groups is 1. The molecule has 1 unspecified atom stereocenters. The fourth-order valence-electron chi connectivity index (χ4n) is 2.62. The average Bonchev–Trinajstić information content (AvgIpc) is 2.59. The fourth-order valence-corrected chi connectivity index (χ4v) is 3.69. The standard InChI is InChI=1S/C18H22O8S/c1-10(19)23-9-14-16(24-11(2)20)17(25-12(3)21)15(22)18(26-14)27-13-7-5-4-6-8-13/h4-8,14-18,22H,9H2,1-3H3/t14-,15-,16-,17-,18?/m1/s1. The summed E-state index contributed by atoms with van der Waals surface area (Å²) >= 11 is 1.22. The van der Waals surface area contributed by atoms with Crippen LogP contribution >= 0.6 is 11.8 Å². The van der Waals surface area contributed by atoms with E-state index in [1.807, 2.05) is 30.3 Å². The van der Waals surface area contributed by atoms with Crippen LogP contribution in [0, 0.1) is 0 Å². The Morgan fingerprint density at radius 3 is 2.15 bits per heavy atom. The van der Waals surface area contributed by atoms with Crippen LogP contribution in [0.25, 0.3) is 0 Å². The summed E-state index contributed by atoms with van der Waals surface area (Å²) in [6.45, 7) is 3.39. The summed E-state index contributed by atoms with van der Waals surface area (Å²) in [7, 11) is 0. The minimum Gasteiger partial charge on any atom is -0.463 e. The highest BCUT2D eigenvalue weighted by Gasteiger charge is 2.50. The lowest BCUT2D eigenvalue weighted by molar-refractivity contribution is -0.231. The number of carbonyl (C=O) groups excluding carboxylic acids is 3. The molecule has 1 aliphatic rings. The van der Waals surface area contributed by atoms with Crippen molar-refractivity contribution in [1.29, 1.82) is 0 Å². The molecule has 0 bridgehead atoms. The second-order valence-corrected chi connectivity index (χ2v) is 7.09. The van der Waals surface area contributed by atoms with E-state index in [4.69, 9.17) is 18.9 Å². The molecule has 0 radical (unpaired) electrons. The topological polar surface area (TPSA) is 108 Å². The molecule has 148 valence electrons. The van der Waals surface area contributed by atoms with Crippen molar-refractivity contribution in [3.8, 4) is 0 Å². The molecule has 1 saturated heterocycles. The number of esters is 3. The summed E-state index contributed by atoms with van der Waals surface area (Å²) < 4.78 is 21.3. The lowest BCUT2D eigenvalue weighted by Crippen LogP contribution is -2.60. The zero-order chi connectivity index (χ0) is 20.0. The number of ether oxygens (including phenoxy) is 4. The Balaban J connectivity index is 2.27. The van der Waals surface area contributed by atoms with Gasteiger partial charge in [0, 0.05) is 25.7 Å². The smallest absolute Gasteiger partial charge is 0.303 e. The minimum atomic E-state index is -1.27. The van der Waals surface area contributed by atoms with Crippen molar-refractivity contribution in [2.75, 3.05) is 6.61 Å². The molecule has 2 rings (SSSR count). The number of benzene rings is 1. The number of hydrogen-bond acceptors (Lipinski definition) is 9. The van der Waals surface area contributed by atoms with Gasteiger partial charge in [-0.2, -0.15) is 0 Å². The van der Waals surface area contributed by atoms with Crippen molar-refractivity contribution in [2.24, 2.45) is 0 Å². The van der Waals surface area contributed by atoms with Gasteiger partial charge in [-0.25, -0.2) is 0 Å². The van der Waals surface area contributed by atoms with Crippen molar-refractivity contribution in [1.82, 2.24) is 0 Å². The summed E-state index contributed by atoms with van der Waals surface area (Å²) in [5, 5.41) is 10.7. The fraction of sp³-hybridized carbons (Fsp3) is 0.500. The molecule has 0 aromatic heterocycles. The first-order valence-corrected chi connectivity index (χ1v) is 9.19. The first-order valence-electron chi connectivity index (χ1n) is 8.31. The number of rotatable bonds is 6. The quantitative estimate of drug-likeness (QED) is 0.560. The Morgan fingerprint density at radius 1 is 1.00 bits per heavy atom. The van der Waals surface area contributed by atoms with Crippen LogP contribution in [-0.4, -0.2) is 59.5 Å². The van der Waals surface area contributed by atoms with Gasteiger partial charge in [0.05, 0.1) is 0 Å². The van der Waals surface area contributed by atoms with Crippen LogP contribution in [-0.2, 0) is 33.3 Å². The molecule has 1 aromatic carbocycles. The van der Waals surface area contributed by atoms with Crippen molar-refractivity contribution < 1.29 is 38.4 Å². The van der Waals surface area contributed by atoms with Gasteiger partial charge < -0.3 is 24.1 Å². The maximum Gasteiger partial charge on any atom is 0.303 e. The Kier molecular flexibility index (Phi) is 7.64. The minimum absolute atomic E-state index is 0.219. The molecule has 0 amide bonds. The molecule has 1 aliphatic heterocycles. The monoisotopic (exact) mass is 398 g/mol. The van der Waals surface area contributed by atoms with E-state index < -0.39 is 47.8 Å². The van der Waals surface area contributed by atoms with Crippen molar-refractivity contribution in [2.45, 2.75) is 55.5 Å². The van der Waals surface area contributed by atoms with Crippen LogP contribution in [0.3, 0.4) is 0 Å². The Morgan fingerprint density at radius 2 is 1.59 bits per heavy atom. The molecule has 1 fully saturated rings. The Hall–Kier alpha value is -2.10. The van der Waals surface area contributed by atoms with Crippen LogP contribution in [0.15, 0.2) is 35.2 Å². The molecule has 1 heterocycles. The zero-order valence-electron chi connectivity index (χ0n) is 15.2. The van der Waals surface area contributed by atoms with Crippen LogP contribution in [0.4, 0.5) is 0 Å².